The average Bonchev–Trinajstić information content (AvgIpc) is 2.95. The summed E-state index contributed by atoms with van der Waals surface area (Å²) in [7, 11) is 0. The molecule has 0 bridgehead atoms. The van der Waals surface area contributed by atoms with Gasteiger partial charge < -0.3 is 4.74 Å². The number of ether oxygens (including phenoxy) is 1. The lowest BCUT2D eigenvalue weighted by Gasteiger charge is -2.06. The van der Waals surface area contributed by atoms with Crippen molar-refractivity contribution in [3.05, 3.63) is 87.7 Å². The SMILES string of the molecule is Cc1ccc(Cn2nc(C)c(C(=O)OCC(=O)c3ccccc3)c2Cl)cc1. The van der Waals surface area contributed by atoms with Crippen LogP contribution < -0.4 is 0 Å². The standard InChI is InChI=1S/C21H19ClN2O3/c1-14-8-10-16(11-9-14)12-24-20(22)19(15(2)23-24)21(26)27-13-18(25)17-6-4-3-5-7-17/h3-11H,12-13H2,1-2H3. The van der Waals surface area contributed by atoms with E-state index in [2.05, 4.69) is 5.10 Å². The zero-order valence-electron chi connectivity index (χ0n) is 15.1. The molecule has 138 valence electrons. The Morgan fingerprint density at radius 1 is 1.04 bits per heavy atom. The smallest absolute Gasteiger partial charge is 0.343 e. The Kier molecular flexibility index (Phi) is 5.72. The Labute approximate surface area is 162 Å². The lowest BCUT2D eigenvalue weighted by molar-refractivity contribution is 0.0474. The van der Waals surface area contributed by atoms with Crippen molar-refractivity contribution in [3.8, 4) is 0 Å². The molecule has 1 aromatic heterocycles. The van der Waals surface area contributed by atoms with Crippen molar-refractivity contribution in [3.63, 3.8) is 0 Å². The lowest BCUT2D eigenvalue weighted by Crippen LogP contribution is -2.15. The Bertz CT molecular complexity index is 963. The molecule has 5 nitrogen and oxygen atoms in total. The largest absolute Gasteiger partial charge is 0.454 e. The van der Waals surface area contributed by atoms with Crippen LogP contribution in [0.25, 0.3) is 0 Å². The van der Waals surface area contributed by atoms with Crippen LogP contribution in [0.2, 0.25) is 5.15 Å². The van der Waals surface area contributed by atoms with E-state index in [1.807, 2.05) is 37.3 Å². The number of esters is 1. The number of halogens is 1. The van der Waals surface area contributed by atoms with Crippen LogP contribution in [0.1, 0.15) is 37.5 Å². The van der Waals surface area contributed by atoms with Gasteiger partial charge in [0.05, 0.1) is 12.2 Å². The summed E-state index contributed by atoms with van der Waals surface area (Å²) in [4.78, 5) is 24.5. The second kappa shape index (κ2) is 8.18. The van der Waals surface area contributed by atoms with Gasteiger partial charge in [0.25, 0.3) is 0 Å². The predicted molar refractivity (Wildman–Crippen MR) is 103 cm³/mol. The van der Waals surface area contributed by atoms with Gasteiger partial charge in [0, 0.05) is 5.56 Å². The molecular formula is C21H19ClN2O3. The van der Waals surface area contributed by atoms with E-state index in [1.54, 1.807) is 35.9 Å². The molecule has 27 heavy (non-hydrogen) atoms. The number of aryl methyl sites for hydroxylation is 2. The molecule has 0 aliphatic heterocycles. The van der Waals surface area contributed by atoms with E-state index in [0.29, 0.717) is 17.8 Å². The third kappa shape index (κ3) is 4.44. The van der Waals surface area contributed by atoms with Crippen molar-refractivity contribution in [1.29, 1.82) is 0 Å². The summed E-state index contributed by atoms with van der Waals surface area (Å²) in [5.41, 5.74) is 3.31. The molecular weight excluding hydrogens is 364 g/mol. The molecule has 0 radical (unpaired) electrons. The highest BCUT2D eigenvalue weighted by Crippen LogP contribution is 2.22. The molecule has 0 fully saturated rings. The van der Waals surface area contributed by atoms with E-state index in [-0.39, 0.29) is 23.1 Å². The molecule has 0 amide bonds. The summed E-state index contributed by atoms with van der Waals surface area (Å²) < 4.78 is 6.71. The van der Waals surface area contributed by atoms with Gasteiger partial charge in [0.1, 0.15) is 10.7 Å². The fourth-order valence-corrected chi connectivity index (χ4v) is 2.98. The highest BCUT2D eigenvalue weighted by atomic mass is 35.5. The molecule has 0 N–H and O–H groups in total. The highest BCUT2D eigenvalue weighted by Gasteiger charge is 2.22. The fraction of sp³-hybridized carbons (Fsp3) is 0.190. The van der Waals surface area contributed by atoms with Gasteiger partial charge in [0.2, 0.25) is 0 Å². The quantitative estimate of drug-likeness (QED) is 0.472. The minimum absolute atomic E-state index is 0.185. The van der Waals surface area contributed by atoms with Crippen molar-refractivity contribution >= 4 is 23.4 Å². The average molecular weight is 383 g/mol. The van der Waals surface area contributed by atoms with Crippen molar-refractivity contribution in [2.45, 2.75) is 20.4 Å². The summed E-state index contributed by atoms with van der Waals surface area (Å²) in [6.45, 7) is 3.80. The van der Waals surface area contributed by atoms with E-state index in [9.17, 15) is 9.59 Å². The van der Waals surface area contributed by atoms with Gasteiger partial charge >= 0.3 is 5.97 Å². The molecule has 6 heteroatoms. The first kappa shape index (κ1) is 18.9. The summed E-state index contributed by atoms with van der Waals surface area (Å²) in [5.74, 6) is -0.929. The monoisotopic (exact) mass is 382 g/mol. The van der Waals surface area contributed by atoms with Crippen LogP contribution in [0.3, 0.4) is 0 Å². The fourth-order valence-electron chi connectivity index (χ4n) is 2.67. The molecule has 1 heterocycles. The summed E-state index contributed by atoms with van der Waals surface area (Å²) in [6.07, 6.45) is 0. The normalized spacial score (nSPS) is 10.6. The number of carbonyl (C=O) groups is 2. The van der Waals surface area contributed by atoms with Crippen LogP contribution in [0.15, 0.2) is 54.6 Å². The summed E-state index contributed by atoms with van der Waals surface area (Å²) >= 11 is 6.35. The third-order valence-corrected chi connectivity index (χ3v) is 4.54. The Balaban J connectivity index is 1.70. The molecule has 0 spiro atoms. The number of hydrogen-bond acceptors (Lipinski definition) is 4. The van der Waals surface area contributed by atoms with Gasteiger partial charge in [0.15, 0.2) is 12.4 Å². The molecule has 0 unspecified atom stereocenters. The summed E-state index contributed by atoms with van der Waals surface area (Å²) in [5, 5.41) is 4.53. The first-order valence-electron chi connectivity index (χ1n) is 8.49. The Morgan fingerprint density at radius 2 is 1.70 bits per heavy atom. The van der Waals surface area contributed by atoms with Gasteiger partial charge in [-0.15, -0.1) is 0 Å². The van der Waals surface area contributed by atoms with E-state index < -0.39 is 5.97 Å². The van der Waals surface area contributed by atoms with Crippen molar-refractivity contribution in [2.24, 2.45) is 0 Å². The number of Topliss-reactive ketones (excluding diaryl/α,β-unsaturated/α-hetero) is 1. The van der Waals surface area contributed by atoms with Crippen LogP contribution in [-0.2, 0) is 11.3 Å². The Hall–Kier alpha value is -2.92. The first-order valence-corrected chi connectivity index (χ1v) is 8.87. The molecule has 0 aliphatic rings. The molecule has 0 atom stereocenters. The topological polar surface area (TPSA) is 61.2 Å². The number of hydrogen-bond donors (Lipinski definition) is 0. The number of nitrogens with zero attached hydrogens (tertiary/aromatic N) is 2. The van der Waals surface area contributed by atoms with E-state index in [0.717, 1.165) is 11.1 Å². The van der Waals surface area contributed by atoms with Crippen LogP contribution >= 0.6 is 11.6 Å². The zero-order valence-corrected chi connectivity index (χ0v) is 15.9. The van der Waals surface area contributed by atoms with Gasteiger partial charge in [-0.25, -0.2) is 9.48 Å². The highest BCUT2D eigenvalue weighted by molar-refractivity contribution is 6.32. The minimum atomic E-state index is -0.656. The Morgan fingerprint density at radius 3 is 2.37 bits per heavy atom. The maximum atomic E-state index is 12.4. The summed E-state index contributed by atoms with van der Waals surface area (Å²) in [6, 6.07) is 16.7. The van der Waals surface area contributed by atoms with Crippen LogP contribution in [0.5, 0.6) is 0 Å². The third-order valence-electron chi connectivity index (χ3n) is 4.15. The van der Waals surface area contributed by atoms with Crippen molar-refractivity contribution in [2.75, 3.05) is 6.61 Å². The van der Waals surface area contributed by atoms with Crippen LogP contribution in [-0.4, -0.2) is 28.1 Å². The maximum absolute atomic E-state index is 12.4. The predicted octanol–water partition coefficient (Wildman–Crippen LogP) is 4.24. The van der Waals surface area contributed by atoms with E-state index >= 15 is 0 Å². The zero-order chi connectivity index (χ0) is 19.4. The minimum Gasteiger partial charge on any atom is -0.454 e. The number of ketones is 1. The van der Waals surface area contributed by atoms with Gasteiger partial charge in [-0.2, -0.15) is 5.10 Å². The second-order valence-electron chi connectivity index (χ2n) is 6.26. The van der Waals surface area contributed by atoms with Crippen LogP contribution in [0, 0.1) is 13.8 Å². The molecule has 0 aliphatic carbocycles. The first-order chi connectivity index (χ1) is 13.0. The molecule has 2 aromatic carbocycles. The van der Waals surface area contributed by atoms with Gasteiger partial charge in [-0.1, -0.05) is 71.8 Å². The van der Waals surface area contributed by atoms with Gasteiger partial charge in [-0.3, -0.25) is 4.79 Å². The number of aromatic nitrogens is 2. The molecule has 0 saturated carbocycles. The van der Waals surface area contributed by atoms with E-state index in [1.165, 1.54) is 0 Å². The van der Waals surface area contributed by atoms with Crippen molar-refractivity contribution in [1.82, 2.24) is 9.78 Å². The lowest BCUT2D eigenvalue weighted by atomic mass is 10.1. The maximum Gasteiger partial charge on any atom is 0.343 e. The molecule has 3 rings (SSSR count). The van der Waals surface area contributed by atoms with E-state index in [4.69, 9.17) is 16.3 Å². The van der Waals surface area contributed by atoms with Crippen LogP contribution in [0.4, 0.5) is 0 Å². The number of benzene rings is 2. The molecule has 3 aromatic rings. The number of rotatable bonds is 6. The number of carbonyl (C=O) groups excluding carboxylic acids is 2. The van der Waals surface area contributed by atoms with Gasteiger partial charge in [-0.05, 0) is 19.4 Å². The van der Waals surface area contributed by atoms with Crippen molar-refractivity contribution < 1.29 is 14.3 Å². The second-order valence-corrected chi connectivity index (χ2v) is 6.62. The molecule has 0 saturated heterocycles.